The van der Waals surface area contributed by atoms with Crippen LogP contribution in [0.5, 0.6) is 5.75 Å². The minimum Gasteiger partial charge on any atom is -0.494 e. The van der Waals surface area contributed by atoms with Gasteiger partial charge in [0.25, 0.3) is 0 Å². The van der Waals surface area contributed by atoms with Crippen LogP contribution in [0.4, 0.5) is 0 Å². The summed E-state index contributed by atoms with van der Waals surface area (Å²) in [5.41, 5.74) is 2.38. The van der Waals surface area contributed by atoms with E-state index in [1.165, 1.54) is 18.4 Å². The van der Waals surface area contributed by atoms with Gasteiger partial charge in [-0.05, 0) is 49.7 Å². The lowest BCUT2D eigenvalue weighted by atomic mass is 10.1. The Morgan fingerprint density at radius 3 is 2.66 bits per heavy atom. The molecule has 1 unspecified atom stereocenters. The normalized spacial score (nSPS) is 12.8. The van der Waals surface area contributed by atoms with Gasteiger partial charge >= 0.3 is 0 Å². The molecule has 9 heteroatoms. The van der Waals surface area contributed by atoms with Crippen molar-refractivity contribution in [2.45, 2.75) is 37.6 Å². The lowest BCUT2D eigenvalue weighted by Crippen LogP contribution is -2.27. The molecule has 2 aromatic carbocycles. The van der Waals surface area contributed by atoms with Crippen LogP contribution in [0.15, 0.2) is 47.4 Å². The Morgan fingerprint density at radius 2 is 1.97 bits per heavy atom. The number of hydrogen-bond acceptors (Lipinski definition) is 5. The fourth-order valence-corrected chi connectivity index (χ4v) is 4.41. The Morgan fingerprint density at radius 1 is 1.22 bits per heavy atom. The first-order chi connectivity index (χ1) is 15.1. The van der Waals surface area contributed by atoms with Gasteiger partial charge in [-0.2, -0.15) is 0 Å². The summed E-state index contributed by atoms with van der Waals surface area (Å²) in [7, 11) is 1.32. The fraction of sp³-hybridized carbons (Fsp3) is 0.391. The topological polar surface area (TPSA) is 93.5 Å². The molecule has 0 fully saturated rings. The molecule has 3 rings (SSSR count). The van der Waals surface area contributed by atoms with Gasteiger partial charge in [0.1, 0.15) is 11.6 Å². The van der Waals surface area contributed by atoms with Crippen LogP contribution in [-0.4, -0.2) is 48.9 Å². The van der Waals surface area contributed by atoms with Crippen molar-refractivity contribution < 1.29 is 17.9 Å². The summed E-state index contributed by atoms with van der Waals surface area (Å²) in [5, 5.41) is 3.01. The minimum absolute atomic E-state index is 0.0813. The van der Waals surface area contributed by atoms with Gasteiger partial charge in [0.05, 0.1) is 28.6 Å². The highest BCUT2D eigenvalue weighted by molar-refractivity contribution is 7.89. The van der Waals surface area contributed by atoms with E-state index in [9.17, 15) is 13.2 Å². The lowest BCUT2D eigenvalue weighted by Gasteiger charge is -2.15. The molecule has 172 valence electrons. The molecule has 1 atom stereocenters. The van der Waals surface area contributed by atoms with E-state index in [4.69, 9.17) is 4.74 Å². The average molecular weight is 459 g/mol. The van der Waals surface area contributed by atoms with E-state index >= 15 is 0 Å². The summed E-state index contributed by atoms with van der Waals surface area (Å²) in [6.45, 7) is 4.45. The minimum atomic E-state index is -3.53. The second kappa shape index (κ2) is 9.70. The Hall–Kier alpha value is -2.91. The number of ether oxygens (including phenoxy) is 1. The Kier molecular flexibility index (Phi) is 7.20. The van der Waals surface area contributed by atoms with Gasteiger partial charge in [-0.1, -0.05) is 12.1 Å². The number of fused-ring (bicyclic) bond motifs is 1. The molecule has 0 saturated heterocycles. The van der Waals surface area contributed by atoms with Crippen LogP contribution in [0.25, 0.3) is 11.0 Å². The predicted molar refractivity (Wildman–Crippen MR) is 124 cm³/mol. The third-order valence-corrected chi connectivity index (χ3v) is 7.16. The van der Waals surface area contributed by atoms with Crippen LogP contribution in [0.1, 0.15) is 37.7 Å². The van der Waals surface area contributed by atoms with Crippen molar-refractivity contribution >= 4 is 27.0 Å². The van der Waals surface area contributed by atoms with Crippen LogP contribution in [0, 0.1) is 0 Å². The summed E-state index contributed by atoms with van der Waals surface area (Å²) >= 11 is 0. The lowest BCUT2D eigenvalue weighted by molar-refractivity contribution is -0.121. The maximum Gasteiger partial charge on any atom is 0.242 e. The number of sulfonamides is 1. The van der Waals surface area contributed by atoms with Crippen molar-refractivity contribution in [2.75, 3.05) is 20.7 Å². The number of nitrogens with one attached hydrogen (secondary N) is 1. The largest absolute Gasteiger partial charge is 0.494 e. The highest BCUT2D eigenvalue weighted by Crippen LogP contribution is 2.22. The summed E-state index contributed by atoms with van der Waals surface area (Å²) in [6.07, 6.45) is 0.716. The molecular weight excluding hydrogens is 428 g/mol. The van der Waals surface area contributed by atoms with Gasteiger partial charge in [0.15, 0.2) is 0 Å². The molecule has 8 nitrogen and oxygen atoms in total. The van der Waals surface area contributed by atoms with Gasteiger partial charge in [-0.25, -0.2) is 17.7 Å². The zero-order chi connectivity index (χ0) is 23.5. The first-order valence-corrected chi connectivity index (χ1v) is 12.0. The summed E-state index contributed by atoms with van der Waals surface area (Å²) in [6, 6.07) is 12.4. The second-order valence-electron chi connectivity index (χ2n) is 7.82. The van der Waals surface area contributed by atoms with E-state index in [2.05, 4.69) is 10.3 Å². The van der Waals surface area contributed by atoms with Crippen molar-refractivity contribution in [3.8, 4) is 5.75 Å². The quantitative estimate of drug-likeness (QED) is 0.532. The van der Waals surface area contributed by atoms with Crippen molar-refractivity contribution in [1.29, 1.82) is 0 Å². The summed E-state index contributed by atoms with van der Waals surface area (Å²) in [5.74, 6) is 1.42. The number of rotatable bonds is 9. The van der Waals surface area contributed by atoms with Gasteiger partial charge in [-0.15, -0.1) is 0 Å². The second-order valence-corrected chi connectivity index (χ2v) is 9.97. The molecular formula is C23H30N4O4S. The molecule has 3 aromatic rings. The molecule has 0 bridgehead atoms. The summed E-state index contributed by atoms with van der Waals surface area (Å²) < 4.78 is 33.4. The van der Waals surface area contributed by atoms with Crippen LogP contribution in [0.2, 0.25) is 0 Å². The molecule has 0 spiro atoms. The van der Waals surface area contributed by atoms with Crippen molar-refractivity contribution in [1.82, 2.24) is 19.2 Å². The van der Waals surface area contributed by atoms with Crippen molar-refractivity contribution in [3.05, 3.63) is 53.9 Å². The third-order valence-electron chi connectivity index (χ3n) is 5.35. The molecule has 0 aliphatic carbocycles. The zero-order valence-electron chi connectivity index (χ0n) is 19.1. The van der Waals surface area contributed by atoms with Gasteiger partial charge in [-0.3, -0.25) is 4.79 Å². The SMILES string of the molecule is CCOc1cccc(C(C)NC(=O)CCc2nc3cc(S(=O)(=O)N(C)C)ccc3n2C)c1. The predicted octanol–water partition coefficient (Wildman–Crippen LogP) is 3.03. The molecule has 1 N–H and O–H groups in total. The Labute approximate surface area is 189 Å². The van der Waals surface area contributed by atoms with Crippen molar-refractivity contribution in [2.24, 2.45) is 7.05 Å². The third kappa shape index (κ3) is 5.11. The molecule has 1 amide bonds. The molecule has 1 aromatic heterocycles. The maximum absolute atomic E-state index is 12.5. The average Bonchev–Trinajstić information content (AvgIpc) is 3.07. The monoisotopic (exact) mass is 458 g/mol. The Bertz CT molecular complexity index is 1220. The number of hydrogen-bond donors (Lipinski definition) is 1. The molecule has 0 aliphatic rings. The van der Waals surface area contributed by atoms with Crippen molar-refractivity contribution in [3.63, 3.8) is 0 Å². The Balaban J connectivity index is 1.68. The number of carbonyl (C=O) groups is 1. The number of aryl methyl sites for hydroxylation is 2. The molecule has 32 heavy (non-hydrogen) atoms. The van der Waals surface area contributed by atoms with Crippen LogP contribution in [-0.2, 0) is 28.3 Å². The number of carbonyl (C=O) groups excluding carboxylic acids is 1. The van der Waals surface area contributed by atoms with E-state index < -0.39 is 10.0 Å². The van der Waals surface area contributed by atoms with E-state index in [1.54, 1.807) is 18.2 Å². The standard InChI is InChI=1S/C23H30N4O4S/c1-6-31-18-9-7-8-17(14-18)16(2)24-23(28)13-12-22-25-20-15-19(32(29,30)26(3)4)10-11-21(20)27(22)5/h7-11,14-16H,6,12-13H2,1-5H3,(H,24,28). The first kappa shape index (κ1) is 23.7. The first-order valence-electron chi connectivity index (χ1n) is 10.5. The smallest absolute Gasteiger partial charge is 0.242 e. The van der Waals surface area contributed by atoms with E-state index in [-0.39, 0.29) is 23.3 Å². The molecule has 0 saturated carbocycles. The highest BCUT2D eigenvalue weighted by atomic mass is 32.2. The van der Waals surface area contributed by atoms with Gasteiger partial charge in [0.2, 0.25) is 15.9 Å². The number of nitrogens with zero attached hydrogens (tertiary/aromatic N) is 3. The zero-order valence-corrected chi connectivity index (χ0v) is 19.9. The van der Waals surface area contributed by atoms with E-state index in [0.717, 1.165) is 22.7 Å². The molecule has 0 radical (unpaired) electrons. The van der Waals surface area contributed by atoms with E-state index in [0.29, 0.717) is 18.5 Å². The number of benzene rings is 2. The van der Waals surface area contributed by atoms with Gasteiger partial charge < -0.3 is 14.6 Å². The van der Waals surface area contributed by atoms with E-state index in [1.807, 2.05) is 49.7 Å². The maximum atomic E-state index is 12.5. The van der Waals surface area contributed by atoms with Crippen LogP contribution in [0.3, 0.4) is 0 Å². The number of imidazole rings is 1. The van der Waals surface area contributed by atoms with Crippen LogP contribution >= 0.6 is 0 Å². The van der Waals surface area contributed by atoms with Crippen LogP contribution < -0.4 is 10.1 Å². The molecule has 0 aliphatic heterocycles. The number of aromatic nitrogens is 2. The highest BCUT2D eigenvalue weighted by Gasteiger charge is 2.19. The fourth-order valence-electron chi connectivity index (χ4n) is 3.49. The molecule has 1 heterocycles. The van der Waals surface area contributed by atoms with Gasteiger partial charge in [0, 0.05) is 34.0 Å². The number of amides is 1. The summed E-state index contributed by atoms with van der Waals surface area (Å²) in [4.78, 5) is 17.3.